The van der Waals surface area contributed by atoms with Crippen LogP contribution in [-0.4, -0.2) is 35.4 Å². The van der Waals surface area contributed by atoms with E-state index < -0.39 is 4.92 Å². The number of nitro groups is 1. The molecule has 0 saturated heterocycles. The second kappa shape index (κ2) is 8.51. The molecule has 1 atom stereocenters. The zero-order chi connectivity index (χ0) is 15.8. The van der Waals surface area contributed by atoms with Gasteiger partial charge in [-0.05, 0) is 38.3 Å². The number of benzene rings is 1. The summed E-state index contributed by atoms with van der Waals surface area (Å²) >= 11 is 1.72. The zero-order valence-electron chi connectivity index (χ0n) is 12.5. The van der Waals surface area contributed by atoms with Gasteiger partial charge in [0.25, 0.3) is 11.6 Å². The van der Waals surface area contributed by atoms with Gasteiger partial charge in [-0.1, -0.05) is 0 Å². The second-order valence-electron chi connectivity index (χ2n) is 4.67. The Hall–Kier alpha value is -1.76. The number of amides is 1. The third-order valence-electron chi connectivity index (χ3n) is 2.96. The molecule has 21 heavy (non-hydrogen) atoms. The summed E-state index contributed by atoms with van der Waals surface area (Å²) in [6, 6.07) is 4.31. The zero-order valence-corrected chi connectivity index (χ0v) is 13.3. The molecular weight excluding hydrogens is 290 g/mol. The van der Waals surface area contributed by atoms with Crippen molar-refractivity contribution in [3.05, 3.63) is 33.9 Å². The number of anilines is 1. The molecule has 116 valence electrons. The maximum atomic E-state index is 12.3. The molecule has 0 aliphatic rings. The van der Waals surface area contributed by atoms with Crippen molar-refractivity contribution in [2.45, 2.75) is 26.3 Å². The minimum Gasteiger partial charge on any atom is -0.385 e. The highest BCUT2D eigenvalue weighted by Gasteiger charge is 2.17. The SMILES string of the molecule is CCNc1ccc([N+](=O)[O-])cc1C(=O)NC(C)CCSC. The fourth-order valence-electron chi connectivity index (χ4n) is 1.85. The van der Waals surface area contributed by atoms with Crippen LogP contribution in [-0.2, 0) is 0 Å². The van der Waals surface area contributed by atoms with Gasteiger partial charge < -0.3 is 10.6 Å². The Morgan fingerprint density at radius 1 is 1.48 bits per heavy atom. The highest BCUT2D eigenvalue weighted by Crippen LogP contribution is 2.22. The van der Waals surface area contributed by atoms with E-state index in [4.69, 9.17) is 0 Å². The normalized spacial score (nSPS) is 11.8. The molecule has 0 heterocycles. The van der Waals surface area contributed by atoms with Gasteiger partial charge in [0.15, 0.2) is 0 Å². The summed E-state index contributed by atoms with van der Waals surface area (Å²) in [5.41, 5.74) is 0.832. The number of nitrogens with zero attached hydrogens (tertiary/aromatic N) is 1. The average molecular weight is 311 g/mol. The molecule has 0 bridgehead atoms. The van der Waals surface area contributed by atoms with Crippen molar-refractivity contribution in [1.29, 1.82) is 0 Å². The lowest BCUT2D eigenvalue weighted by molar-refractivity contribution is -0.384. The van der Waals surface area contributed by atoms with Crippen LogP contribution in [0.3, 0.4) is 0 Å². The van der Waals surface area contributed by atoms with Crippen LogP contribution < -0.4 is 10.6 Å². The number of nitro benzene ring substituents is 1. The molecule has 0 radical (unpaired) electrons. The Morgan fingerprint density at radius 3 is 2.76 bits per heavy atom. The van der Waals surface area contributed by atoms with E-state index in [0.29, 0.717) is 17.8 Å². The molecule has 0 spiro atoms. The quantitative estimate of drug-likeness (QED) is 0.569. The van der Waals surface area contributed by atoms with Crippen molar-refractivity contribution in [2.75, 3.05) is 23.9 Å². The van der Waals surface area contributed by atoms with E-state index in [1.54, 1.807) is 17.8 Å². The first-order valence-electron chi connectivity index (χ1n) is 6.81. The first-order chi connectivity index (χ1) is 9.99. The van der Waals surface area contributed by atoms with E-state index in [1.165, 1.54) is 12.1 Å². The number of non-ortho nitro benzene ring substituents is 1. The fourth-order valence-corrected chi connectivity index (χ4v) is 2.44. The van der Waals surface area contributed by atoms with Gasteiger partial charge in [0.05, 0.1) is 10.5 Å². The smallest absolute Gasteiger partial charge is 0.270 e. The molecule has 7 heteroatoms. The first kappa shape index (κ1) is 17.3. The third-order valence-corrected chi connectivity index (χ3v) is 3.60. The second-order valence-corrected chi connectivity index (χ2v) is 5.66. The van der Waals surface area contributed by atoms with Gasteiger partial charge in [-0.2, -0.15) is 11.8 Å². The van der Waals surface area contributed by atoms with Gasteiger partial charge in [0.2, 0.25) is 0 Å². The third kappa shape index (κ3) is 5.26. The molecule has 0 aliphatic heterocycles. The van der Waals surface area contributed by atoms with Crippen LogP contribution in [0, 0.1) is 10.1 Å². The van der Waals surface area contributed by atoms with Crippen LogP contribution in [0.25, 0.3) is 0 Å². The molecule has 0 fully saturated rings. The molecule has 1 rings (SSSR count). The number of hydrogen-bond acceptors (Lipinski definition) is 5. The Labute approximate surface area is 128 Å². The van der Waals surface area contributed by atoms with Crippen LogP contribution in [0.5, 0.6) is 0 Å². The monoisotopic (exact) mass is 311 g/mol. The van der Waals surface area contributed by atoms with Crippen LogP contribution in [0.1, 0.15) is 30.6 Å². The van der Waals surface area contributed by atoms with E-state index in [-0.39, 0.29) is 17.6 Å². The number of carbonyl (C=O) groups excluding carboxylic acids is 1. The summed E-state index contributed by atoms with van der Waals surface area (Å²) in [6.07, 6.45) is 2.87. The van der Waals surface area contributed by atoms with Gasteiger partial charge >= 0.3 is 0 Å². The summed E-state index contributed by atoms with van der Waals surface area (Å²) in [5.74, 6) is 0.666. The number of nitrogens with one attached hydrogen (secondary N) is 2. The standard InChI is InChI=1S/C14H21N3O3S/c1-4-15-13-6-5-11(17(19)20)9-12(13)14(18)16-10(2)7-8-21-3/h5-6,9-10,15H,4,7-8H2,1-3H3,(H,16,18). The van der Waals surface area contributed by atoms with Crippen LogP contribution in [0.4, 0.5) is 11.4 Å². The lowest BCUT2D eigenvalue weighted by Crippen LogP contribution is -2.33. The molecule has 1 unspecified atom stereocenters. The number of rotatable bonds is 8. The van der Waals surface area contributed by atoms with E-state index in [9.17, 15) is 14.9 Å². The summed E-state index contributed by atoms with van der Waals surface area (Å²) in [4.78, 5) is 22.7. The highest BCUT2D eigenvalue weighted by molar-refractivity contribution is 7.98. The highest BCUT2D eigenvalue weighted by atomic mass is 32.2. The first-order valence-corrected chi connectivity index (χ1v) is 8.21. The Morgan fingerprint density at radius 2 is 2.19 bits per heavy atom. The van der Waals surface area contributed by atoms with Crippen molar-refractivity contribution in [3.63, 3.8) is 0 Å². The molecule has 0 aliphatic carbocycles. The predicted molar refractivity (Wildman–Crippen MR) is 87.2 cm³/mol. The topological polar surface area (TPSA) is 84.3 Å². The maximum Gasteiger partial charge on any atom is 0.270 e. The average Bonchev–Trinajstić information content (AvgIpc) is 2.45. The lowest BCUT2D eigenvalue weighted by Gasteiger charge is -2.15. The van der Waals surface area contributed by atoms with Gasteiger partial charge in [-0.25, -0.2) is 0 Å². The molecular formula is C14H21N3O3S. The Kier molecular flexibility index (Phi) is 7.01. The molecule has 1 aromatic carbocycles. The molecule has 1 aromatic rings. The Bertz CT molecular complexity index is 508. The maximum absolute atomic E-state index is 12.3. The van der Waals surface area contributed by atoms with Gasteiger partial charge in [0.1, 0.15) is 0 Å². The van der Waals surface area contributed by atoms with Gasteiger partial charge in [-0.15, -0.1) is 0 Å². The molecule has 0 saturated carbocycles. The van der Waals surface area contributed by atoms with E-state index in [2.05, 4.69) is 10.6 Å². The minimum absolute atomic E-state index is 0.0266. The van der Waals surface area contributed by atoms with Crippen molar-refractivity contribution >= 4 is 29.0 Å². The number of carbonyl (C=O) groups is 1. The van der Waals surface area contributed by atoms with Crippen LogP contribution >= 0.6 is 11.8 Å². The van der Waals surface area contributed by atoms with E-state index in [0.717, 1.165) is 12.2 Å². The van der Waals surface area contributed by atoms with Crippen molar-refractivity contribution in [2.24, 2.45) is 0 Å². The molecule has 6 nitrogen and oxygen atoms in total. The van der Waals surface area contributed by atoms with Crippen molar-refractivity contribution in [3.8, 4) is 0 Å². The number of thioether (sulfide) groups is 1. The molecule has 2 N–H and O–H groups in total. The fraction of sp³-hybridized carbons (Fsp3) is 0.500. The largest absolute Gasteiger partial charge is 0.385 e. The molecule has 1 amide bonds. The van der Waals surface area contributed by atoms with Crippen LogP contribution in [0.2, 0.25) is 0 Å². The molecule has 0 aromatic heterocycles. The van der Waals surface area contributed by atoms with Crippen molar-refractivity contribution < 1.29 is 9.72 Å². The van der Waals surface area contributed by atoms with Gasteiger partial charge in [0, 0.05) is 30.4 Å². The number of hydrogen-bond donors (Lipinski definition) is 2. The van der Waals surface area contributed by atoms with E-state index in [1.807, 2.05) is 20.1 Å². The summed E-state index contributed by atoms with van der Waals surface area (Å²) < 4.78 is 0. The van der Waals surface area contributed by atoms with Gasteiger partial charge in [-0.3, -0.25) is 14.9 Å². The Balaban J connectivity index is 2.93. The summed E-state index contributed by atoms with van der Waals surface area (Å²) in [7, 11) is 0. The minimum atomic E-state index is -0.496. The lowest BCUT2D eigenvalue weighted by atomic mass is 10.1. The van der Waals surface area contributed by atoms with Crippen LogP contribution in [0.15, 0.2) is 18.2 Å². The van der Waals surface area contributed by atoms with E-state index >= 15 is 0 Å². The predicted octanol–water partition coefficient (Wildman–Crippen LogP) is 2.90. The van der Waals surface area contributed by atoms with Crippen molar-refractivity contribution in [1.82, 2.24) is 5.32 Å². The summed E-state index contributed by atoms with van der Waals surface area (Å²) in [6.45, 7) is 4.47. The summed E-state index contributed by atoms with van der Waals surface area (Å²) in [5, 5.41) is 16.8.